The molecule has 0 aromatic carbocycles. The van der Waals surface area contributed by atoms with Gasteiger partial charge in [0.05, 0.1) is 6.42 Å². The van der Waals surface area contributed by atoms with Crippen LogP contribution in [0.4, 0.5) is 4.79 Å². The van der Waals surface area contributed by atoms with Crippen LogP contribution in [0.2, 0.25) is 0 Å². The number of rotatable bonds is 3. The highest BCUT2D eigenvalue weighted by molar-refractivity contribution is 5.75. The smallest absolute Gasteiger partial charge is 0.319 e. The van der Waals surface area contributed by atoms with Crippen molar-refractivity contribution in [1.29, 1.82) is 0 Å². The monoisotopic (exact) mass is 269 g/mol. The lowest BCUT2D eigenvalue weighted by atomic mass is 10.00. The Balaban J connectivity index is 1.84. The number of carboxylic acids is 1. The Kier molecular flexibility index (Phi) is 4.63. The second-order valence-corrected chi connectivity index (χ2v) is 5.48. The van der Waals surface area contributed by atoms with E-state index in [0.717, 1.165) is 26.2 Å². The number of piperidine rings is 1. The summed E-state index contributed by atoms with van der Waals surface area (Å²) in [5, 5.41) is 8.65. The molecule has 2 saturated heterocycles. The van der Waals surface area contributed by atoms with E-state index in [1.54, 1.807) is 7.05 Å². The maximum Gasteiger partial charge on any atom is 0.319 e. The highest BCUT2D eigenvalue weighted by atomic mass is 16.4. The zero-order valence-electron chi connectivity index (χ0n) is 11.5. The first-order valence-corrected chi connectivity index (χ1v) is 7.04. The number of urea groups is 1. The van der Waals surface area contributed by atoms with Crippen molar-refractivity contribution < 1.29 is 14.7 Å². The third-order valence-electron chi connectivity index (χ3n) is 4.10. The topological polar surface area (TPSA) is 64.1 Å². The van der Waals surface area contributed by atoms with E-state index in [1.165, 1.54) is 24.2 Å². The van der Waals surface area contributed by atoms with E-state index in [9.17, 15) is 9.59 Å². The average molecular weight is 269 g/mol. The maximum absolute atomic E-state index is 12.2. The maximum atomic E-state index is 12.2. The summed E-state index contributed by atoms with van der Waals surface area (Å²) in [4.78, 5) is 28.6. The molecule has 2 amide bonds. The first kappa shape index (κ1) is 14.1. The van der Waals surface area contributed by atoms with Gasteiger partial charge in [-0.05, 0) is 19.4 Å². The molecule has 0 aromatic heterocycles. The third-order valence-corrected chi connectivity index (χ3v) is 4.10. The molecule has 1 N–H and O–H groups in total. The van der Waals surface area contributed by atoms with E-state index in [1.807, 2.05) is 4.90 Å². The number of amides is 2. The van der Waals surface area contributed by atoms with Gasteiger partial charge in [0.2, 0.25) is 0 Å². The van der Waals surface area contributed by atoms with Crippen molar-refractivity contribution >= 4 is 12.0 Å². The molecule has 0 spiro atoms. The van der Waals surface area contributed by atoms with E-state index in [2.05, 4.69) is 4.90 Å². The van der Waals surface area contributed by atoms with Gasteiger partial charge in [-0.15, -0.1) is 0 Å². The lowest BCUT2D eigenvalue weighted by Crippen LogP contribution is -2.58. The van der Waals surface area contributed by atoms with Crippen molar-refractivity contribution in [2.75, 3.05) is 39.8 Å². The lowest BCUT2D eigenvalue weighted by Gasteiger charge is -2.44. The quantitative estimate of drug-likeness (QED) is 0.818. The lowest BCUT2D eigenvalue weighted by molar-refractivity contribution is -0.137. The fourth-order valence-electron chi connectivity index (χ4n) is 2.93. The minimum atomic E-state index is -0.864. The van der Waals surface area contributed by atoms with Crippen LogP contribution in [0.5, 0.6) is 0 Å². The number of carbonyl (C=O) groups is 2. The standard InChI is InChI=1S/C13H23N3O3/c1-14(7-5-12(17)18)13(19)16-9-8-15-6-3-2-4-11(15)10-16/h11H,2-10H2,1H3,(H,17,18). The van der Waals surface area contributed by atoms with Crippen molar-refractivity contribution in [2.45, 2.75) is 31.7 Å². The van der Waals surface area contributed by atoms with Crippen molar-refractivity contribution in [3.05, 3.63) is 0 Å². The van der Waals surface area contributed by atoms with Crippen molar-refractivity contribution in [3.8, 4) is 0 Å². The molecular formula is C13H23N3O3. The third kappa shape index (κ3) is 3.59. The van der Waals surface area contributed by atoms with Gasteiger partial charge in [0.1, 0.15) is 0 Å². The van der Waals surface area contributed by atoms with Crippen LogP contribution in [0.1, 0.15) is 25.7 Å². The van der Waals surface area contributed by atoms with Crippen molar-refractivity contribution in [1.82, 2.24) is 14.7 Å². The molecule has 6 heteroatoms. The van der Waals surface area contributed by atoms with Crippen LogP contribution in [0.15, 0.2) is 0 Å². The summed E-state index contributed by atoms with van der Waals surface area (Å²) in [6.07, 6.45) is 3.69. The van der Waals surface area contributed by atoms with Gasteiger partial charge in [0.25, 0.3) is 0 Å². The van der Waals surface area contributed by atoms with Gasteiger partial charge in [-0.1, -0.05) is 6.42 Å². The number of carbonyl (C=O) groups excluding carboxylic acids is 1. The number of carboxylic acid groups (broad SMARTS) is 1. The van der Waals surface area contributed by atoms with Crippen LogP contribution in [-0.4, -0.2) is 77.6 Å². The minimum absolute atomic E-state index is 0.00559. The summed E-state index contributed by atoms with van der Waals surface area (Å²) in [6.45, 7) is 3.92. The summed E-state index contributed by atoms with van der Waals surface area (Å²) in [5.74, 6) is -0.864. The number of nitrogens with zero attached hydrogens (tertiary/aromatic N) is 3. The number of piperazine rings is 1. The Morgan fingerprint density at radius 1 is 1.26 bits per heavy atom. The number of aliphatic carboxylic acids is 1. The summed E-state index contributed by atoms with van der Waals surface area (Å²) < 4.78 is 0. The fraction of sp³-hybridized carbons (Fsp3) is 0.846. The molecule has 1 unspecified atom stereocenters. The molecule has 1 atom stereocenters. The van der Waals surface area contributed by atoms with Crippen LogP contribution in [0.3, 0.4) is 0 Å². The molecule has 0 saturated carbocycles. The highest BCUT2D eigenvalue weighted by Gasteiger charge is 2.31. The molecule has 2 aliphatic rings. The summed E-state index contributed by atoms with van der Waals surface area (Å²) in [6, 6.07) is 0.464. The van der Waals surface area contributed by atoms with Gasteiger partial charge in [-0.25, -0.2) is 4.79 Å². The zero-order chi connectivity index (χ0) is 13.8. The Bertz CT molecular complexity index is 348. The summed E-state index contributed by atoms with van der Waals surface area (Å²) in [7, 11) is 1.68. The van der Waals surface area contributed by atoms with E-state index in [4.69, 9.17) is 5.11 Å². The molecule has 6 nitrogen and oxygen atoms in total. The molecule has 19 heavy (non-hydrogen) atoms. The Hall–Kier alpha value is -1.30. The molecule has 0 aliphatic carbocycles. The predicted octanol–water partition coefficient (Wildman–Crippen LogP) is 0.683. The van der Waals surface area contributed by atoms with E-state index < -0.39 is 5.97 Å². The number of fused-ring (bicyclic) bond motifs is 1. The van der Waals surface area contributed by atoms with Crippen LogP contribution in [-0.2, 0) is 4.79 Å². The number of hydrogen-bond donors (Lipinski definition) is 1. The molecule has 2 heterocycles. The van der Waals surface area contributed by atoms with Crippen LogP contribution < -0.4 is 0 Å². The molecule has 2 rings (SSSR count). The fourth-order valence-corrected chi connectivity index (χ4v) is 2.93. The SMILES string of the molecule is CN(CCC(=O)O)C(=O)N1CCN2CCCCC2C1. The summed E-state index contributed by atoms with van der Waals surface area (Å²) in [5.41, 5.74) is 0. The molecule has 0 bridgehead atoms. The van der Waals surface area contributed by atoms with Gasteiger partial charge < -0.3 is 14.9 Å². The first-order chi connectivity index (χ1) is 9.08. The van der Waals surface area contributed by atoms with Crippen molar-refractivity contribution in [3.63, 3.8) is 0 Å². The van der Waals surface area contributed by atoms with Crippen LogP contribution in [0.25, 0.3) is 0 Å². The highest BCUT2D eigenvalue weighted by Crippen LogP contribution is 2.21. The number of hydrogen-bond acceptors (Lipinski definition) is 3. The minimum Gasteiger partial charge on any atom is -0.481 e. The molecule has 0 aromatic rings. The Labute approximate surface area is 114 Å². The van der Waals surface area contributed by atoms with E-state index >= 15 is 0 Å². The molecular weight excluding hydrogens is 246 g/mol. The normalized spacial score (nSPS) is 23.8. The molecule has 2 aliphatic heterocycles. The van der Waals surface area contributed by atoms with Gasteiger partial charge in [-0.2, -0.15) is 0 Å². The first-order valence-electron chi connectivity index (χ1n) is 7.04. The van der Waals surface area contributed by atoms with Gasteiger partial charge >= 0.3 is 12.0 Å². The molecule has 2 fully saturated rings. The van der Waals surface area contributed by atoms with Gasteiger partial charge in [-0.3, -0.25) is 9.69 Å². The second-order valence-electron chi connectivity index (χ2n) is 5.48. The van der Waals surface area contributed by atoms with E-state index in [-0.39, 0.29) is 19.0 Å². The van der Waals surface area contributed by atoms with Crippen molar-refractivity contribution in [2.24, 2.45) is 0 Å². The van der Waals surface area contributed by atoms with Crippen LogP contribution in [0, 0.1) is 0 Å². The average Bonchev–Trinajstić information content (AvgIpc) is 2.43. The van der Waals surface area contributed by atoms with Gasteiger partial charge in [0.15, 0.2) is 0 Å². The van der Waals surface area contributed by atoms with E-state index in [0.29, 0.717) is 6.04 Å². The molecule has 0 radical (unpaired) electrons. The summed E-state index contributed by atoms with van der Waals surface area (Å²) >= 11 is 0. The largest absolute Gasteiger partial charge is 0.481 e. The second kappa shape index (κ2) is 6.23. The van der Waals surface area contributed by atoms with Gasteiger partial charge in [0, 0.05) is 39.3 Å². The predicted molar refractivity (Wildman–Crippen MR) is 71.1 cm³/mol. The Morgan fingerprint density at radius 3 is 2.79 bits per heavy atom. The molecule has 108 valence electrons. The van der Waals surface area contributed by atoms with Crippen LogP contribution >= 0.6 is 0 Å². The Morgan fingerprint density at radius 2 is 2.05 bits per heavy atom. The zero-order valence-corrected chi connectivity index (χ0v) is 11.5.